The lowest BCUT2D eigenvalue weighted by Gasteiger charge is -2.27. The summed E-state index contributed by atoms with van der Waals surface area (Å²) in [5, 5.41) is 12.3. The normalized spacial score (nSPS) is 31.2. The summed E-state index contributed by atoms with van der Waals surface area (Å²) >= 11 is 0. The van der Waals surface area contributed by atoms with E-state index in [1.165, 1.54) is 0 Å². The molecule has 2 saturated carbocycles. The van der Waals surface area contributed by atoms with Crippen LogP contribution in [0.3, 0.4) is 0 Å². The maximum absolute atomic E-state index is 12.5. The molecule has 0 aromatic heterocycles. The molecule has 0 unspecified atom stereocenters. The molecule has 106 valence electrons. The van der Waals surface area contributed by atoms with Crippen molar-refractivity contribution in [3.05, 3.63) is 29.8 Å². The maximum Gasteiger partial charge on any atom is 0.307 e. The maximum atomic E-state index is 12.5. The Kier molecular flexibility index (Phi) is 3.24. The number of rotatable bonds is 3. The minimum atomic E-state index is -0.818. The van der Waals surface area contributed by atoms with E-state index in [9.17, 15) is 14.7 Å². The molecule has 4 heteroatoms. The van der Waals surface area contributed by atoms with Gasteiger partial charge in [-0.3, -0.25) is 9.59 Å². The lowest BCUT2D eigenvalue weighted by molar-refractivity contribution is -0.148. The van der Waals surface area contributed by atoms with Gasteiger partial charge in [-0.25, -0.2) is 0 Å². The van der Waals surface area contributed by atoms with Crippen LogP contribution < -0.4 is 5.32 Å². The number of amides is 1. The fourth-order valence-electron chi connectivity index (χ4n) is 3.97. The largest absolute Gasteiger partial charge is 0.481 e. The van der Waals surface area contributed by atoms with E-state index in [1.807, 2.05) is 31.2 Å². The molecule has 4 atom stereocenters. The second-order valence-electron chi connectivity index (χ2n) is 6.08. The van der Waals surface area contributed by atoms with Gasteiger partial charge in [0.1, 0.15) is 0 Å². The Morgan fingerprint density at radius 3 is 2.55 bits per heavy atom. The Hall–Kier alpha value is -1.84. The fraction of sp³-hybridized carbons (Fsp3) is 0.500. The van der Waals surface area contributed by atoms with Gasteiger partial charge >= 0.3 is 5.97 Å². The number of benzene rings is 1. The molecular formula is C16H19NO3. The number of aryl methyl sites for hydroxylation is 1. The van der Waals surface area contributed by atoms with Gasteiger partial charge in [0.05, 0.1) is 11.8 Å². The molecule has 1 aromatic rings. The summed E-state index contributed by atoms with van der Waals surface area (Å²) in [7, 11) is 0. The van der Waals surface area contributed by atoms with Gasteiger partial charge in [0.2, 0.25) is 5.91 Å². The molecule has 20 heavy (non-hydrogen) atoms. The van der Waals surface area contributed by atoms with Crippen molar-refractivity contribution >= 4 is 17.6 Å². The van der Waals surface area contributed by atoms with Crippen LogP contribution in [0.4, 0.5) is 5.69 Å². The number of carboxylic acids is 1. The van der Waals surface area contributed by atoms with Gasteiger partial charge in [-0.2, -0.15) is 0 Å². The van der Waals surface area contributed by atoms with Crippen molar-refractivity contribution in [2.24, 2.45) is 23.7 Å². The zero-order valence-corrected chi connectivity index (χ0v) is 11.5. The predicted molar refractivity (Wildman–Crippen MR) is 75.3 cm³/mol. The highest BCUT2D eigenvalue weighted by atomic mass is 16.4. The summed E-state index contributed by atoms with van der Waals surface area (Å²) in [5.41, 5.74) is 1.83. The van der Waals surface area contributed by atoms with Gasteiger partial charge in [-0.15, -0.1) is 0 Å². The molecule has 3 rings (SSSR count). The van der Waals surface area contributed by atoms with E-state index in [4.69, 9.17) is 0 Å². The number of fused-ring (bicyclic) bond motifs is 2. The molecule has 0 radical (unpaired) electrons. The first-order valence-electron chi connectivity index (χ1n) is 7.16. The van der Waals surface area contributed by atoms with Crippen LogP contribution in [0.15, 0.2) is 24.3 Å². The minimum absolute atomic E-state index is 0.129. The van der Waals surface area contributed by atoms with Crippen molar-refractivity contribution in [1.29, 1.82) is 0 Å². The summed E-state index contributed by atoms with van der Waals surface area (Å²) in [5.74, 6) is -1.39. The number of hydrogen-bond donors (Lipinski definition) is 2. The molecular weight excluding hydrogens is 254 g/mol. The number of hydrogen-bond acceptors (Lipinski definition) is 2. The highest BCUT2D eigenvalue weighted by Gasteiger charge is 2.53. The van der Waals surface area contributed by atoms with E-state index < -0.39 is 11.9 Å². The molecule has 2 aliphatic rings. The molecule has 4 nitrogen and oxygen atoms in total. The van der Waals surface area contributed by atoms with E-state index >= 15 is 0 Å². The quantitative estimate of drug-likeness (QED) is 0.889. The number of carboxylic acid groups (broad SMARTS) is 1. The van der Waals surface area contributed by atoms with E-state index in [2.05, 4.69) is 5.32 Å². The zero-order valence-electron chi connectivity index (χ0n) is 11.5. The van der Waals surface area contributed by atoms with Gasteiger partial charge in [0.25, 0.3) is 0 Å². The monoisotopic (exact) mass is 273 g/mol. The molecule has 0 saturated heterocycles. The van der Waals surface area contributed by atoms with Crippen LogP contribution in [0.2, 0.25) is 0 Å². The smallest absolute Gasteiger partial charge is 0.307 e. The van der Waals surface area contributed by atoms with Crippen LogP contribution in [0, 0.1) is 30.6 Å². The summed E-state index contributed by atoms with van der Waals surface area (Å²) in [6.45, 7) is 1.97. The lowest BCUT2D eigenvalue weighted by atomic mass is 9.78. The summed E-state index contributed by atoms with van der Waals surface area (Å²) in [6.07, 6.45) is 2.83. The van der Waals surface area contributed by atoms with E-state index in [0.717, 1.165) is 30.5 Å². The van der Waals surface area contributed by atoms with Crippen molar-refractivity contribution in [3.8, 4) is 0 Å². The van der Waals surface area contributed by atoms with Crippen LogP contribution in [0.5, 0.6) is 0 Å². The Morgan fingerprint density at radius 2 is 1.90 bits per heavy atom. The fourth-order valence-corrected chi connectivity index (χ4v) is 3.97. The van der Waals surface area contributed by atoms with Crippen molar-refractivity contribution in [2.45, 2.75) is 26.2 Å². The zero-order chi connectivity index (χ0) is 14.3. The molecule has 1 aromatic carbocycles. The van der Waals surface area contributed by atoms with Gasteiger partial charge in [0.15, 0.2) is 0 Å². The first-order chi connectivity index (χ1) is 9.56. The number of carbonyl (C=O) groups excluding carboxylic acids is 1. The Labute approximate surface area is 118 Å². The van der Waals surface area contributed by atoms with Crippen LogP contribution in [0.1, 0.15) is 24.8 Å². The minimum Gasteiger partial charge on any atom is -0.481 e. The first-order valence-corrected chi connectivity index (χ1v) is 7.16. The molecule has 1 amide bonds. The summed E-state index contributed by atoms with van der Waals surface area (Å²) in [4.78, 5) is 23.9. The third-order valence-electron chi connectivity index (χ3n) is 4.79. The molecule has 0 aliphatic heterocycles. The number of nitrogens with one attached hydrogen (secondary N) is 1. The Balaban J connectivity index is 1.78. The third kappa shape index (κ3) is 2.19. The van der Waals surface area contributed by atoms with Crippen LogP contribution >= 0.6 is 0 Å². The van der Waals surface area contributed by atoms with E-state index in [0.29, 0.717) is 0 Å². The number of anilines is 1. The number of aliphatic carboxylic acids is 1. The van der Waals surface area contributed by atoms with Gasteiger partial charge in [-0.1, -0.05) is 12.1 Å². The summed E-state index contributed by atoms with van der Waals surface area (Å²) < 4.78 is 0. The van der Waals surface area contributed by atoms with Crippen molar-refractivity contribution in [2.75, 3.05) is 5.32 Å². The molecule has 0 spiro atoms. The third-order valence-corrected chi connectivity index (χ3v) is 4.79. The molecule has 2 fully saturated rings. The first kappa shape index (κ1) is 13.2. The number of carbonyl (C=O) groups is 2. The SMILES string of the molecule is Cc1cccc(NC(=O)[C@H]2[C@H]3CC[C@@H](C3)[C@H]2C(=O)O)c1. The molecule has 2 aliphatic carbocycles. The van der Waals surface area contributed by atoms with Crippen LogP contribution in [-0.4, -0.2) is 17.0 Å². The van der Waals surface area contributed by atoms with Crippen molar-refractivity contribution in [1.82, 2.24) is 0 Å². The van der Waals surface area contributed by atoms with Gasteiger partial charge < -0.3 is 10.4 Å². The standard InChI is InChI=1S/C16H19NO3/c1-9-3-2-4-12(7-9)17-15(18)13-10-5-6-11(8-10)14(13)16(19)20/h2-4,7,10-11,13-14H,5-6,8H2,1H3,(H,17,18)(H,19,20)/t10-,11-,13-,14+/m0/s1. The highest BCUT2D eigenvalue weighted by molar-refractivity contribution is 5.96. The second kappa shape index (κ2) is 4.93. The Bertz CT molecular complexity index is 554. The highest BCUT2D eigenvalue weighted by Crippen LogP contribution is 2.52. The van der Waals surface area contributed by atoms with Crippen molar-refractivity contribution in [3.63, 3.8) is 0 Å². The predicted octanol–water partition coefficient (Wildman–Crippen LogP) is 2.68. The second-order valence-corrected chi connectivity index (χ2v) is 6.08. The van der Waals surface area contributed by atoms with Gasteiger partial charge in [0, 0.05) is 5.69 Å². The van der Waals surface area contributed by atoms with Crippen LogP contribution in [0.25, 0.3) is 0 Å². The molecule has 0 heterocycles. The van der Waals surface area contributed by atoms with E-state index in [1.54, 1.807) is 0 Å². The van der Waals surface area contributed by atoms with Crippen LogP contribution in [-0.2, 0) is 9.59 Å². The summed E-state index contributed by atoms with van der Waals surface area (Å²) in [6, 6.07) is 7.60. The average molecular weight is 273 g/mol. The topological polar surface area (TPSA) is 66.4 Å². The molecule has 2 N–H and O–H groups in total. The van der Waals surface area contributed by atoms with Crippen molar-refractivity contribution < 1.29 is 14.7 Å². The Morgan fingerprint density at radius 1 is 1.20 bits per heavy atom. The van der Waals surface area contributed by atoms with Gasteiger partial charge in [-0.05, 0) is 55.7 Å². The average Bonchev–Trinajstić information content (AvgIpc) is 2.98. The molecule has 2 bridgehead atoms. The van der Waals surface area contributed by atoms with E-state index in [-0.39, 0.29) is 23.7 Å². The lowest BCUT2D eigenvalue weighted by Crippen LogP contribution is -2.37.